The zero-order valence-corrected chi connectivity index (χ0v) is 8.88. The lowest BCUT2D eigenvalue weighted by Crippen LogP contribution is -2.44. The SMILES string of the molecule is CC(O)CNC(=O)C1(C)CCOCC1. The number of carbonyl (C=O) groups is 1. The van der Waals surface area contributed by atoms with Gasteiger partial charge in [0, 0.05) is 19.8 Å². The van der Waals surface area contributed by atoms with Crippen molar-refractivity contribution in [3.8, 4) is 0 Å². The molecular weight excluding hydrogens is 182 g/mol. The highest BCUT2D eigenvalue weighted by molar-refractivity contribution is 5.82. The van der Waals surface area contributed by atoms with E-state index in [2.05, 4.69) is 5.32 Å². The quantitative estimate of drug-likeness (QED) is 0.690. The van der Waals surface area contributed by atoms with Crippen molar-refractivity contribution in [3.05, 3.63) is 0 Å². The normalized spacial score (nSPS) is 22.8. The van der Waals surface area contributed by atoms with Crippen LogP contribution in [0.3, 0.4) is 0 Å². The fourth-order valence-electron chi connectivity index (χ4n) is 1.50. The monoisotopic (exact) mass is 201 g/mol. The molecule has 1 saturated heterocycles. The predicted molar refractivity (Wildman–Crippen MR) is 52.9 cm³/mol. The van der Waals surface area contributed by atoms with E-state index in [-0.39, 0.29) is 11.3 Å². The van der Waals surface area contributed by atoms with Gasteiger partial charge in [-0.2, -0.15) is 0 Å². The Bertz CT molecular complexity index is 198. The molecule has 1 aliphatic rings. The van der Waals surface area contributed by atoms with E-state index in [1.54, 1.807) is 6.92 Å². The van der Waals surface area contributed by atoms with Crippen LogP contribution < -0.4 is 5.32 Å². The zero-order chi connectivity index (χ0) is 10.6. The van der Waals surface area contributed by atoms with Gasteiger partial charge in [0.15, 0.2) is 0 Å². The molecule has 14 heavy (non-hydrogen) atoms. The molecule has 1 fully saturated rings. The second kappa shape index (κ2) is 4.75. The minimum absolute atomic E-state index is 0.0294. The second-order valence-electron chi connectivity index (χ2n) is 4.23. The van der Waals surface area contributed by atoms with Gasteiger partial charge in [0.25, 0.3) is 0 Å². The minimum Gasteiger partial charge on any atom is -0.392 e. The molecule has 0 saturated carbocycles. The zero-order valence-electron chi connectivity index (χ0n) is 8.88. The fourth-order valence-corrected chi connectivity index (χ4v) is 1.50. The van der Waals surface area contributed by atoms with Crippen LogP contribution in [-0.4, -0.2) is 36.9 Å². The van der Waals surface area contributed by atoms with Gasteiger partial charge in [-0.1, -0.05) is 6.92 Å². The van der Waals surface area contributed by atoms with Gasteiger partial charge < -0.3 is 15.2 Å². The second-order valence-corrected chi connectivity index (χ2v) is 4.23. The lowest BCUT2D eigenvalue weighted by molar-refractivity contribution is -0.135. The highest BCUT2D eigenvalue weighted by Gasteiger charge is 2.34. The molecule has 1 rings (SSSR count). The van der Waals surface area contributed by atoms with Crippen LogP contribution in [0.5, 0.6) is 0 Å². The predicted octanol–water partition coefficient (Wildman–Crippen LogP) is 0.300. The summed E-state index contributed by atoms with van der Waals surface area (Å²) < 4.78 is 5.21. The third-order valence-electron chi connectivity index (χ3n) is 2.70. The Balaban J connectivity index is 2.41. The molecule has 82 valence electrons. The first kappa shape index (κ1) is 11.5. The molecule has 4 nitrogen and oxygen atoms in total. The number of amides is 1. The highest BCUT2D eigenvalue weighted by atomic mass is 16.5. The molecule has 4 heteroatoms. The number of hydrogen-bond donors (Lipinski definition) is 2. The maximum absolute atomic E-state index is 11.7. The molecular formula is C10H19NO3. The van der Waals surface area contributed by atoms with Crippen molar-refractivity contribution in [1.29, 1.82) is 0 Å². The van der Waals surface area contributed by atoms with Gasteiger partial charge in [0.05, 0.1) is 11.5 Å². The van der Waals surface area contributed by atoms with E-state index >= 15 is 0 Å². The largest absolute Gasteiger partial charge is 0.392 e. The van der Waals surface area contributed by atoms with Crippen molar-refractivity contribution >= 4 is 5.91 Å². The third kappa shape index (κ3) is 2.96. The van der Waals surface area contributed by atoms with E-state index in [0.29, 0.717) is 19.8 Å². The van der Waals surface area contributed by atoms with Crippen LogP contribution in [0.1, 0.15) is 26.7 Å². The van der Waals surface area contributed by atoms with Gasteiger partial charge in [0.2, 0.25) is 5.91 Å². The Hall–Kier alpha value is -0.610. The number of nitrogens with one attached hydrogen (secondary N) is 1. The van der Waals surface area contributed by atoms with E-state index in [9.17, 15) is 4.79 Å². The van der Waals surface area contributed by atoms with Crippen molar-refractivity contribution < 1.29 is 14.6 Å². The van der Waals surface area contributed by atoms with Crippen molar-refractivity contribution in [2.75, 3.05) is 19.8 Å². The van der Waals surface area contributed by atoms with Gasteiger partial charge in [-0.05, 0) is 19.8 Å². The molecule has 1 heterocycles. The molecule has 0 spiro atoms. The fraction of sp³-hybridized carbons (Fsp3) is 0.900. The summed E-state index contributed by atoms with van der Waals surface area (Å²) in [6, 6.07) is 0. The maximum Gasteiger partial charge on any atom is 0.226 e. The molecule has 0 radical (unpaired) electrons. The number of carbonyl (C=O) groups excluding carboxylic acids is 1. The molecule has 1 unspecified atom stereocenters. The van der Waals surface area contributed by atoms with Crippen LogP contribution in [0.2, 0.25) is 0 Å². The summed E-state index contributed by atoms with van der Waals surface area (Å²) in [7, 11) is 0. The average molecular weight is 201 g/mol. The molecule has 0 bridgehead atoms. The van der Waals surface area contributed by atoms with Gasteiger partial charge in [-0.25, -0.2) is 0 Å². The smallest absolute Gasteiger partial charge is 0.226 e. The molecule has 1 aliphatic heterocycles. The topological polar surface area (TPSA) is 58.6 Å². The van der Waals surface area contributed by atoms with E-state index in [1.807, 2.05) is 6.92 Å². The number of hydrogen-bond acceptors (Lipinski definition) is 3. The molecule has 0 aromatic heterocycles. The lowest BCUT2D eigenvalue weighted by atomic mass is 9.81. The summed E-state index contributed by atoms with van der Waals surface area (Å²) in [6.45, 7) is 5.24. The summed E-state index contributed by atoms with van der Waals surface area (Å²) >= 11 is 0. The Morgan fingerprint density at radius 2 is 2.14 bits per heavy atom. The Morgan fingerprint density at radius 1 is 1.57 bits per heavy atom. The molecule has 1 atom stereocenters. The molecule has 0 aromatic carbocycles. The molecule has 0 aliphatic carbocycles. The molecule has 1 amide bonds. The van der Waals surface area contributed by atoms with E-state index in [1.165, 1.54) is 0 Å². The van der Waals surface area contributed by atoms with Gasteiger partial charge in [0.1, 0.15) is 0 Å². The Labute approximate surface area is 84.6 Å². The van der Waals surface area contributed by atoms with E-state index < -0.39 is 6.10 Å². The van der Waals surface area contributed by atoms with Gasteiger partial charge >= 0.3 is 0 Å². The van der Waals surface area contributed by atoms with Crippen LogP contribution in [-0.2, 0) is 9.53 Å². The standard InChI is InChI=1S/C10H19NO3/c1-8(12)7-11-9(13)10(2)3-5-14-6-4-10/h8,12H,3-7H2,1-2H3,(H,11,13). The van der Waals surface area contributed by atoms with Crippen LogP contribution in [0.15, 0.2) is 0 Å². The Morgan fingerprint density at radius 3 is 2.64 bits per heavy atom. The van der Waals surface area contributed by atoms with E-state index in [4.69, 9.17) is 9.84 Å². The summed E-state index contributed by atoms with van der Waals surface area (Å²) in [4.78, 5) is 11.7. The van der Waals surface area contributed by atoms with Crippen molar-refractivity contribution in [1.82, 2.24) is 5.32 Å². The number of ether oxygens (including phenoxy) is 1. The number of aliphatic hydroxyl groups is 1. The van der Waals surface area contributed by atoms with Crippen molar-refractivity contribution in [3.63, 3.8) is 0 Å². The first-order valence-corrected chi connectivity index (χ1v) is 5.09. The van der Waals surface area contributed by atoms with Crippen LogP contribution >= 0.6 is 0 Å². The summed E-state index contributed by atoms with van der Waals surface area (Å²) in [6.07, 6.45) is 1.04. The lowest BCUT2D eigenvalue weighted by Gasteiger charge is -2.32. The van der Waals surface area contributed by atoms with Crippen LogP contribution in [0.25, 0.3) is 0 Å². The maximum atomic E-state index is 11.7. The third-order valence-corrected chi connectivity index (χ3v) is 2.70. The van der Waals surface area contributed by atoms with Crippen LogP contribution in [0, 0.1) is 5.41 Å². The van der Waals surface area contributed by atoms with Crippen LogP contribution in [0.4, 0.5) is 0 Å². The molecule has 2 N–H and O–H groups in total. The first-order valence-electron chi connectivity index (χ1n) is 5.09. The number of rotatable bonds is 3. The van der Waals surface area contributed by atoms with Crippen molar-refractivity contribution in [2.45, 2.75) is 32.8 Å². The summed E-state index contributed by atoms with van der Waals surface area (Å²) in [5.74, 6) is 0.0294. The van der Waals surface area contributed by atoms with Gasteiger partial charge in [-0.15, -0.1) is 0 Å². The van der Waals surface area contributed by atoms with Gasteiger partial charge in [-0.3, -0.25) is 4.79 Å². The Kier molecular flexibility index (Phi) is 3.89. The summed E-state index contributed by atoms with van der Waals surface area (Å²) in [5, 5.41) is 11.8. The minimum atomic E-state index is -0.484. The number of aliphatic hydroxyl groups excluding tert-OH is 1. The highest BCUT2D eigenvalue weighted by Crippen LogP contribution is 2.29. The first-order chi connectivity index (χ1) is 6.54. The van der Waals surface area contributed by atoms with Crippen molar-refractivity contribution in [2.24, 2.45) is 5.41 Å². The average Bonchev–Trinajstić information content (AvgIpc) is 2.15. The van der Waals surface area contributed by atoms with E-state index in [0.717, 1.165) is 12.8 Å². The molecule has 0 aromatic rings. The summed E-state index contributed by atoms with van der Waals surface area (Å²) in [5.41, 5.74) is -0.312.